The summed E-state index contributed by atoms with van der Waals surface area (Å²) in [5, 5.41) is 3.79. The summed E-state index contributed by atoms with van der Waals surface area (Å²) >= 11 is 1.97. The molecule has 0 radical (unpaired) electrons. The standard InChI is InChI=1S/C13H26N2S/c1-13(12-5-6-12)11-15(8-3-7-14-13)9-4-10-16-2/h12,14H,3-11H2,1-2H3. The lowest BCUT2D eigenvalue weighted by Gasteiger charge is -2.34. The van der Waals surface area contributed by atoms with Crippen molar-refractivity contribution < 1.29 is 0 Å². The molecule has 0 aromatic carbocycles. The lowest BCUT2D eigenvalue weighted by Crippen LogP contribution is -2.51. The number of nitrogens with one attached hydrogen (secondary N) is 1. The zero-order valence-electron chi connectivity index (χ0n) is 10.8. The largest absolute Gasteiger partial charge is 0.310 e. The summed E-state index contributed by atoms with van der Waals surface area (Å²) in [4.78, 5) is 2.69. The maximum absolute atomic E-state index is 3.79. The zero-order chi connectivity index (χ0) is 11.4. The van der Waals surface area contributed by atoms with Crippen molar-refractivity contribution in [1.29, 1.82) is 0 Å². The fourth-order valence-corrected chi connectivity index (χ4v) is 3.31. The summed E-state index contributed by atoms with van der Waals surface area (Å²) in [6.45, 7) is 7.52. The summed E-state index contributed by atoms with van der Waals surface area (Å²) in [7, 11) is 0. The van der Waals surface area contributed by atoms with E-state index >= 15 is 0 Å². The topological polar surface area (TPSA) is 15.3 Å². The lowest BCUT2D eigenvalue weighted by molar-refractivity contribution is 0.202. The van der Waals surface area contributed by atoms with Gasteiger partial charge >= 0.3 is 0 Å². The molecule has 0 aromatic rings. The first-order valence-corrected chi connectivity index (χ1v) is 8.10. The highest BCUT2D eigenvalue weighted by molar-refractivity contribution is 7.98. The molecule has 0 spiro atoms. The van der Waals surface area contributed by atoms with Gasteiger partial charge in [0.25, 0.3) is 0 Å². The van der Waals surface area contributed by atoms with E-state index in [4.69, 9.17) is 0 Å². The summed E-state index contributed by atoms with van der Waals surface area (Å²) in [6.07, 6.45) is 7.77. The lowest BCUT2D eigenvalue weighted by atomic mass is 9.95. The molecule has 16 heavy (non-hydrogen) atoms. The predicted molar refractivity (Wildman–Crippen MR) is 73.2 cm³/mol. The minimum atomic E-state index is 0.413. The Morgan fingerprint density at radius 1 is 1.44 bits per heavy atom. The van der Waals surface area contributed by atoms with Crippen molar-refractivity contribution in [2.75, 3.05) is 38.2 Å². The van der Waals surface area contributed by atoms with Gasteiger partial charge in [-0.15, -0.1) is 0 Å². The molecule has 0 bridgehead atoms. The molecule has 1 saturated carbocycles. The number of hydrogen-bond acceptors (Lipinski definition) is 3. The molecule has 2 aliphatic rings. The Balaban J connectivity index is 1.82. The van der Waals surface area contributed by atoms with Gasteiger partial charge in [-0.05, 0) is 70.2 Å². The highest BCUT2D eigenvalue weighted by Crippen LogP contribution is 2.40. The van der Waals surface area contributed by atoms with E-state index < -0.39 is 0 Å². The minimum absolute atomic E-state index is 0.413. The van der Waals surface area contributed by atoms with Gasteiger partial charge in [0, 0.05) is 12.1 Å². The third kappa shape index (κ3) is 3.38. The Morgan fingerprint density at radius 3 is 2.94 bits per heavy atom. The van der Waals surface area contributed by atoms with E-state index in [1.165, 1.54) is 57.6 Å². The molecule has 1 heterocycles. The average Bonchev–Trinajstić information content (AvgIpc) is 3.06. The van der Waals surface area contributed by atoms with Gasteiger partial charge in [-0.1, -0.05) is 0 Å². The second-order valence-electron chi connectivity index (χ2n) is 5.59. The van der Waals surface area contributed by atoms with Crippen LogP contribution in [0.2, 0.25) is 0 Å². The number of hydrogen-bond donors (Lipinski definition) is 1. The average molecular weight is 242 g/mol. The Hall–Kier alpha value is 0.270. The van der Waals surface area contributed by atoms with Gasteiger partial charge in [0.15, 0.2) is 0 Å². The predicted octanol–water partition coefficient (Wildman–Crippen LogP) is 2.20. The SMILES string of the molecule is CSCCCN1CCCNC(C)(C2CC2)C1. The van der Waals surface area contributed by atoms with Crippen LogP contribution in [0.1, 0.15) is 32.6 Å². The van der Waals surface area contributed by atoms with Gasteiger partial charge in [-0.25, -0.2) is 0 Å². The second-order valence-corrected chi connectivity index (χ2v) is 6.58. The van der Waals surface area contributed by atoms with Crippen molar-refractivity contribution >= 4 is 11.8 Å². The van der Waals surface area contributed by atoms with Crippen LogP contribution in [0.25, 0.3) is 0 Å². The van der Waals surface area contributed by atoms with Crippen molar-refractivity contribution in [3.05, 3.63) is 0 Å². The molecular formula is C13H26N2S. The molecule has 1 aliphatic heterocycles. The quantitative estimate of drug-likeness (QED) is 0.744. The highest BCUT2D eigenvalue weighted by Gasteiger charge is 2.42. The molecule has 0 aromatic heterocycles. The number of thioether (sulfide) groups is 1. The Bertz CT molecular complexity index is 218. The smallest absolute Gasteiger partial charge is 0.0308 e. The molecular weight excluding hydrogens is 216 g/mol. The minimum Gasteiger partial charge on any atom is -0.310 e. The molecule has 1 unspecified atom stereocenters. The fourth-order valence-electron chi connectivity index (χ4n) is 2.89. The molecule has 2 rings (SSSR count). The van der Waals surface area contributed by atoms with Gasteiger partial charge in [0.2, 0.25) is 0 Å². The third-order valence-corrected chi connectivity index (χ3v) is 4.73. The van der Waals surface area contributed by atoms with Crippen molar-refractivity contribution in [3.63, 3.8) is 0 Å². The molecule has 0 amide bonds. The summed E-state index contributed by atoms with van der Waals surface area (Å²) < 4.78 is 0. The molecule has 2 nitrogen and oxygen atoms in total. The van der Waals surface area contributed by atoms with Crippen molar-refractivity contribution in [1.82, 2.24) is 10.2 Å². The van der Waals surface area contributed by atoms with E-state index in [2.05, 4.69) is 23.4 Å². The first-order valence-electron chi connectivity index (χ1n) is 6.71. The molecule has 3 heteroatoms. The molecule has 1 aliphatic carbocycles. The maximum Gasteiger partial charge on any atom is 0.0308 e. The van der Waals surface area contributed by atoms with Crippen LogP contribution in [0, 0.1) is 5.92 Å². The molecule has 94 valence electrons. The molecule has 2 fully saturated rings. The molecule has 1 N–H and O–H groups in total. The van der Waals surface area contributed by atoms with E-state index in [0.717, 1.165) is 5.92 Å². The Labute approximate surface area is 105 Å². The van der Waals surface area contributed by atoms with Gasteiger partial charge in [0.1, 0.15) is 0 Å². The normalized spacial score (nSPS) is 32.6. The third-order valence-electron chi connectivity index (χ3n) is 4.03. The van der Waals surface area contributed by atoms with E-state index in [1.807, 2.05) is 11.8 Å². The van der Waals surface area contributed by atoms with Gasteiger partial charge in [0.05, 0.1) is 0 Å². The van der Waals surface area contributed by atoms with Crippen LogP contribution in [0.5, 0.6) is 0 Å². The fraction of sp³-hybridized carbons (Fsp3) is 1.00. The Morgan fingerprint density at radius 2 is 2.25 bits per heavy atom. The summed E-state index contributed by atoms with van der Waals surface area (Å²) in [6, 6.07) is 0. The monoisotopic (exact) mass is 242 g/mol. The van der Waals surface area contributed by atoms with E-state index in [0.29, 0.717) is 5.54 Å². The second kappa shape index (κ2) is 5.74. The van der Waals surface area contributed by atoms with Crippen molar-refractivity contribution in [3.8, 4) is 0 Å². The van der Waals surface area contributed by atoms with E-state index in [9.17, 15) is 0 Å². The molecule has 1 atom stereocenters. The van der Waals surface area contributed by atoms with Crippen LogP contribution in [0.3, 0.4) is 0 Å². The van der Waals surface area contributed by atoms with Gasteiger partial charge in [-0.3, -0.25) is 0 Å². The highest BCUT2D eigenvalue weighted by atomic mass is 32.2. The Kier molecular flexibility index (Phi) is 4.57. The maximum atomic E-state index is 3.79. The van der Waals surface area contributed by atoms with Crippen LogP contribution in [-0.2, 0) is 0 Å². The zero-order valence-corrected chi connectivity index (χ0v) is 11.6. The van der Waals surface area contributed by atoms with Crippen LogP contribution < -0.4 is 5.32 Å². The van der Waals surface area contributed by atoms with Crippen molar-refractivity contribution in [2.24, 2.45) is 5.92 Å². The van der Waals surface area contributed by atoms with Crippen LogP contribution in [0.15, 0.2) is 0 Å². The van der Waals surface area contributed by atoms with Crippen LogP contribution >= 0.6 is 11.8 Å². The summed E-state index contributed by atoms with van der Waals surface area (Å²) in [5.74, 6) is 2.26. The summed E-state index contributed by atoms with van der Waals surface area (Å²) in [5.41, 5.74) is 0.413. The van der Waals surface area contributed by atoms with Gasteiger partial charge in [-0.2, -0.15) is 11.8 Å². The van der Waals surface area contributed by atoms with Crippen LogP contribution in [-0.4, -0.2) is 48.6 Å². The van der Waals surface area contributed by atoms with Crippen LogP contribution in [0.4, 0.5) is 0 Å². The van der Waals surface area contributed by atoms with Crippen molar-refractivity contribution in [2.45, 2.75) is 38.1 Å². The van der Waals surface area contributed by atoms with Gasteiger partial charge < -0.3 is 10.2 Å². The first-order chi connectivity index (χ1) is 7.74. The van der Waals surface area contributed by atoms with E-state index in [1.54, 1.807) is 0 Å². The van der Waals surface area contributed by atoms with E-state index in [-0.39, 0.29) is 0 Å². The number of rotatable bonds is 5. The number of nitrogens with zero attached hydrogens (tertiary/aromatic N) is 1. The first kappa shape index (κ1) is 12.7. The molecule has 1 saturated heterocycles.